The van der Waals surface area contributed by atoms with Crippen LogP contribution in [0.5, 0.6) is 11.5 Å². The van der Waals surface area contributed by atoms with Crippen molar-refractivity contribution in [2.75, 3.05) is 27.8 Å². The molecule has 0 unspecified atom stereocenters. The molecule has 0 N–H and O–H groups in total. The Balaban J connectivity index is 1.58. The van der Waals surface area contributed by atoms with Crippen LogP contribution >= 0.6 is 0 Å². The van der Waals surface area contributed by atoms with Gasteiger partial charge in [0.15, 0.2) is 13.6 Å². The molecular weight excluding hydrogens is 376 g/mol. The minimum Gasteiger partial charge on any atom is -0.468 e. The fourth-order valence-electron chi connectivity index (χ4n) is 2.74. The van der Waals surface area contributed by atoms with Gasteiger partial charge in [0.25, 0.3) is 0 Å². The van der Waals surface area contributed by atoms with Crippen molar-refractivity contribution < 1.29 is 18.9 Å². The van der Waals surface area contributed by atoms with Gasteiger partial charge in [-0.25, -0.2) is 0 Å². The van der Waals surface area contributed by atoms with Gasteiger partial charge in [0.05, 0.1) is 0 Å². The fourth-order valence-corrected chi connectivity index (χ4v) is 2.74. The standard InChI is InChI=1S/C26H26O4/c1-27-19-29-25-16-14-23(15-17-25)11-10-21-6-8-22(9-7-21)12-13-24-4-3-5-26(18-24)30-20-28-2/h3-18H,19-20H2,1-2H3/b11-10+,13-12+. The van der Waals surface area contributed by atoms with Crippen LogP contribution in [-0.4, -0.2) is 27.8 Å². The summed E-state index contributed by atoms with van der Waals surface area (Å²) in [7, 11) is 3.21. The third-order valence-electron chi connectivity index (χ3n) is 4.30. The predicted octanol–water partition coefficient (Wildman–Crippen LogP) is 5.99. The molecule has 0 aromatic heterocycles. The lowest BCUT2D eigenvalue weighted by Gasteiger charge is -2.05. The Kier molecular flexibility index (Phi) is 8.27. The number of methoxy groups -OCH3 is 2. The van der Waals surface area contributed by atoms with Gasteiger partial charge >= 0.3 is 0 Å². The van der Waals surface area contributed by atoms with Crippen LogP contribution in [0.25, 0.3) is 24.3 Å². The van der Waals surface area contributed by atoms with Crippen molar-refractivity contribution in [1.29, 1.82) is 0 Å². The first-order valence-corrected chi connectivity index (χ1v) is 9.66. The fraction of sp³-hybridized carbons (Fsp3) is 0.154. The van der Waals surface area contributed by atoms with E-state index in [1.54, 1.807) is 14.2 Å². The van der Waals surface area contributed by atoms with E-state index in [-0.39, 0.29) is 13.6 Å². The van der Waals surface area contributed by atoms with Crippen LogP contribution in [0.4, 0.5) is 0 Å². The van der Waals surface area contributed by atoms with E-state index < -0.39 is 0 Å². The van der Waals surface area contributed by atoms with Crippen LogP contribution in [0, 0.1) is 0 Å². The van der Waals surface area contributed by atoms with E-state index in [1.165, 1.54) is 0 Å². The van der Waals surface area contributed by atoms with E-state index in [0.29, 0.717) is 0 Å². The van der Waals surface area contributed by atoms with Crippen molar-refractivity contribution in [2.24, 2.45) is 0 Å². The highest BCUT2D eigenvalue weighted by atomic mass is 16.7. The van der Waals surface area contributed by atoms with Crippen molar-refractivity contribution in [3.63, 3.8) is 0 Å². The zero-order chi connectivity index (χ0) is 21.0. The molecule has 154 valence electrons. The lowest BCUT2D eigenvalue weighted by atomic mass is 10.1. The van der Waals surface area contributed by atoms with Crippen LogP contribution in [-0.2, 0) is 9.47 Å². The zero-order valence-corrected chi connectivity index (χ0v) is 17.3. The van der Waals surface area contributed by atoms with Crippen molar-refractivity contribution in [3.05, 3.63) is 95.1 Å². The monoisotopic (exact) mass is 402 g/mol. The third-order valence-corrected chi connectivity index (χ3v) is 4.30. The van der Waals surface area contributed by atoms with Gasteiger partial charge in [-0.05, 0) is 46.5 Å². The topological polar surface area (TPSA) is 36.9 Å². The lowest BCUT2D eigenvalue weighted by molar-refractivity contribution is 0.0509. The number of ether oxygens (including phenoxy) is 4. The Morgan fingerprint density at radius 2 is 1.00 bits per heavy atom. The van der Waals surface area contributed by atoms with E-state index in [9.17, 15) is 0 Å². The summed E-state index contributed by atoms with van der Waals surface area (Å²) >= 11 is 0. The number of rotatable bonds is 10. The quantitative estimate of drug-likeness (QED) is 0.308. The predicted molar refractivity (Wildman–Crippen MR) is 122 cm³/mol. The zero-order valence-electron chi connectivity index (χ0n) is 17.3. The molecule has 0 atom stereocenters. The molecule has 3 aromatic carbocycles. The lowest BCUT2D eigenvalue weighted by Crippen LogP contribution is -1.98. The van der Waals surface area contributed by atoms with E-state index in [1.807, 2.05) is 48.5 Å². The highest BCUT2D eigenvalue weighted by molar-refractivity contribution is 5.73. The summed E-state index contributed by atoms with van der Waals surface area (Å²) in [4.78, 5) is 0. The maximum atomic E-state index is 5.47. The molecule has 0 heterocycles. The van der Waals surface area contributed by atoms with Crippen LogP contribution in [0.2, 0.25) is 0 Å². The van der Waals surface area contributed by atoms with Gasteiger partial charge in [-0.1, -0.05) is 72.8 Å². The van der Waals surface area contributed by atoms with E-state index in [2.05, 4.69) is 48.6 Å². The van der Waals surface area contributed by atoms with Gasteiger partial charge in [0.1, 0.15) is 11.5 Å². The molecular formula is C26H26O4. The molecule has 0 aliphatic carbocycles. The number of benzene rings is 3. The molecule has 0 bridgehead atoms. The summed E-state index contributed by atoms with van der Waals surface area (Å²) in [6, 6.07) is 24.2. The highest BCUT2D eigenvalue weighted by Crippen LogP contribution is 2.17. The van der Waals surface area contributed by atoms with Gasteiger partial charge in [0, 0.05) is 14.2 Å². The van der Waals surface area contributed by atoms with Crippen molar-refractivity contribution >= 4 is 24.3 Å². The molecule has 3 rings (SSSR count). The molecule has 4 nitrogen and oxygen atoms in total. The Labute approximate surface area is 178 Å². The van der Waals surface area contributed by atoms with Gasteiger partial charge in [-0.3, -0.25) is 0 Å². The van der Waals surface area contributed by atoms with Gasteiger partial charge in [-0.2, -0.15) is 0 Å². The van der Waals surface area contributed by atoms with Crippen LogP contribution in [0.1, 0.15) is 22.3 Å². The molecule has 0 aliphatic rings. The largest absolute Gasteiger partial charge is 0.468 e. The molecule has 0 aliphatic heterocycles. The number of hydrogen-bond donors (Lipinski definition) is 0. The summed E-state index contributed by atoms with van der Waals surface area (Å²) < 4.78 is 20.7. The minimum atomic E-state index is 0.244. The maximum absolute atomic E-state index is 5.47. The minimum absolute atomic E-state index is 0.244. The second-order valence-electron chi connectivity index (χ2n) is 6.58. The first kappa shape index (κ1) is 21.4. The van der Waals surface area contributed by atoms with E-state index >= 15 is 0 Å². The first-order chi connectivity index (χ1) is 14.8. The summed E-state index contributed by atoms with van der Waals surface area (Å²) in [6.45, 7) is 0.497. The van der Waals surface area contributed by atoms with Crippen LogP contribution in [0.15, 0.2) is 72.8 Å². The molecule has 0 amide bonds. The summed E-state index contributed by atoms with van der Waals surface area (Å²) in [6.07, 6.45) is 8.32. The van der Waals surface area contributed by atoms with Crippen molar-refractivity contribution in [2.45, 2.75) is 0 Å². The van der Waals surface area contributed by atoms with Crippen molar-refractivity contribution in [1.82, 2.24) is 0 Å². The van der Waals surface area contributed by atoms with E-state index in [4.69, 9.17) is 18.9 Å². The van der Waals surface area contributed by atoms with Crippen molar-refractivity contribution in [3.8, 4) is 11.5 Å². The second-order valence-corrected chi connectivity index (χ2v) is 6.58. The summed E-state index contributed by atoms with van der Waals surface area (Å²) in [5, 5.41) is 0. The molecule has 0 saturated heterocycles. The first-order valence-electron chi connectivity index (χ1n) is 9.66. The average Bonchev–Trinajstić information content (AvgIpc) is 2.80. The number of hydrogen-bond acceptors (Lipinski definition) is 4. The average molecular weight is 402 g/mol. The molecule has 0 radical (unpaired) electrons. The van der Waals surface area contributed by atoms with E-state index in [0.717, 1.165) is 33.8 Å². The van der Waals surface area contributed by atoms with Gasteiger partial charge < -0.3 is 18.9 Å². The molecule has 30 heavy (non-hydrogen) atoms. The Morgan fingerprint density at radius 3 is 1.53 bits per heavy atom. The normalized spacial score (nSPS) is 11.3. The SMILES string of the molecule is COCOc1ccc(/C=C/c2ccc(/C=C/c3cccc(OCOC)c3)cc2)cc1. The molecule has 4 heteroatoms. The second kappa shape index (κ2) is 11.6. The summed E-state index contributed by atoms with van der Waals surface area (Å²) in [5.41, 5.74) is 4.46. The highest BCUT2D eigenvalue weighted by Gasteiger charge is 1.96. The Morgan fingerprint density at radius 1 is 0.533 bits per heavy atom. The van der Waals surface area contributed by atoms with Gasteiger partial charge in [0.2, 0.25) is 0 Å². The molecule has 0 saturated carbocycles. The molecule has 0 spiro atoms. The molecule has 0 fully saturated rings. The van der Waals surface area contributed by atoms with Gasteiger partial charge in [-0.15, -0.1) is 0 Å². The smallest absolute Gasteiger partial charge is 0.188 e. The van der Waals surface area contributed by atoms with Crippen LogP contribution < -0.4 is 9.47 Å². The summed E-state index contributed by atoms with van der Waals surface area (Å²) in [5.74, 6) is 1.58. The Hall–Kier alpha value is -3.34. The third kappa shape index (κ3) is 6.92. The Bertz CT molecular complexity index is 957. The molecule has 3 aromatic rings. The maximum Gasteiger partial charge on any atom is 0.188 e. The van der Waals surface area contributed by atoms with Crippen LogP contribution in [0.3, 0.4) is 0 Å².